The second-order valence-electron chi connectivity index (χ2n) is 4.54. The molecule has 0 saturated heterocycles. The van der Waals surface area contributed by atoms with Crippen molar-refractivity contribution >= 4 is 18.4 Å². The van der Waals surface area contributed by atoms with Gasteiger partial charge in [0.05, 0.1) is 0 Å². The minimum atomic E-state index is -2.69. The maximum absolute atomic E-state index is 5.88. The van der Waals surface area contributed by atoms with Crippen molar-refractivity contribution in [3.05, 3.63) is 59.7 Å². The van der Waals surface area contributed by atoms with E-state index in [-0.39, 0.29) is 0 Å². The van der Waals surface area contributed by atoms with Gasteiger partial charge in [0, 0.05) is 5.56 Å². The highest BCUT2D eigenvalue weighted by molar-refractivity contribution is 7.14. The van der Waals surface area contributed by atoms with Crippen LogP contribution < -0.4 is 10.4 Å². The van der Waals surface area contributed by atoms with Crippen molar-refractivity contribution in [1.29, 1.82) is 0 Å². The maximum atomic E-state index is 5.88. The summed E-state index contributed by atoms with van der Waals surface area (Å²) in [6, 6.07) is 15.7. The maximum Gasteiger partial charge on any atom is 0.276 e. The topological polar surface area (TPSA) is 0 Å². The van der Waals surface area contributed by atoms with E-state index >= 15 is 0 Å². The van der Waals surface area contributed by atoms with Crippen molar-refractivity contribution in [1.82, 2.24) is 0 Å². The molecule has 0 saturated carbocycles. The second kappa shape index (κ2) is 5.54. The highest BCUT2D eigenvalue weighted by atomic mass is 28.3. The van der Waals surface area contributed by atoms with Gasteiger partial charge in [-0.3, -0.25) is 0 Å². The Kier molecular flexibility index (Phi) is 3.81. The van der Waals surface area contributed by atoms with Crippen LogP contribution in [0.2, 0.25) is 0 Å². The van der Waals surface area contributed by atoms with Crippen LogP contribution in [0.1, 0.15) is 11.1 Å². The van der Waals surface area contributed by atoms with E-state index in [0.717, 1.165) is 21.5 Å². The fourth-order valence-electron chi connectivity index (χ4n) is 2.43. The molecule has 0 nitrogen and oxygen atoms in total. The molecule has 1 heteroatoms. The van der Waals surface area contributed by atoms with Crippen LogP contribution >= 0.6 is 0 Å². The summed E-state index contributed by atoms with van der Waals surface area (Å²) in [6.07, 6.45) is 17.4. The molecule has 0 aromatic heterocycles. The molecule has 0 heterocycles. The van der Waals surface area contributed by atoms with Crippen LogP contribution in [-0.2, 0) is 0 Å². The van der Waals surface area contributed by atoms with Gasteiger partial charge in [0.25, 0.3) is 8.07 Å². The van der Waals surface area contributed by atoms with Crippen LogP contribution in [0.25, 0.3) is 0 Å². The fourth-order valence-corrected chi connectivity index (χ4v) is 5.35. The van der Waals surface area contributed by atoms with Gasteiger partial charge >= 0.3 is 0 Å². The summed E-state index contributed by atoms with van der Waals surface area (Å²) >= 11 is 0. The van der Waals surface area contributed by atoms with Crippen molar-refractivity contribution in [3.8, 4) is 36.3 Å². The van der Waals surface area contributed by atoms with Crippen LogP contribution in [0.5, 0.6) is 0 Å². The summed E-state index contributed by atoms with van der Waals surface area (Å²) in [5.41, 5.74) is 7.74. The van der Waals surface area contributed by atoms with Gasteiger partial charge < -0.3 is 0 Å². The van der Waals surface area contributed by atoms with Crippen molar-refractivity contribution < 1.29 is 0 Å². The van der Waals surface area contributed by atoms with Gasteiger partial charge in [-0.15, -0.1) is 30.4 Å². The van der Waals surface area contributed by atoms with Crippen molar-refractivity contribution in [2.24, 2.45) is 0 Å². The number of hydrogen-bond acceptors (Lipinski definition) is 0. The normalized spacial score (nSPS) is 10.1. The largest absolute Gasteiger partial charge is 0.276 e. The van der Waals surface area contributed by atoms with E-state index in [9.17, 15) is 0 Å². The number of aryl methyl sites for hydroxylation is 1. The van der Waals surface area contributed by atoms with Gasteiger partial charge in [0.1, 0.15) is 0 Å². The first kappa shape index (κ1) is 13.8. The third-order valence-corrected chi connectivity index (χ3v) is 6.95. The third kappa shape index (κ3) is 2.04. The lowest BCUT2D eigenvalue weighted by Gasteiger charge is -2.24. The molecule has 20 heavy (non-hydrogen) atoms. The van der Waals surface area contributed by atoms with Crippen LogP contribution in [0.3, 0.4) is 0 Å². The fraction of sp³-hybridized carbons (Fsp3) is 0.0526. The zero-order valence-electron chi connectivity index (χ0n) is 11.4. The van der Waals surface area contributed by atoms with E-state index in [0.29, 0.717) is 0 Å². The Bertz CT molecular complexity index is 749. The lowest BCUT2D eigenvalue weighted by molar-refractivity contribution is 1.51. The average molecular weight is 270 g/mol. The molecule has 0 atom stereocenters. The summed E-state index contributed by atoms with van der Waals surface area (Å²) in [4.78, 5) is 0. The van der Waals surface area contributed by atoms with Gasteiger partial charge in [-0.2, -0.15) is 0 Å². The number of hydrogen-bond donors (Lipinski definition) is 0. The minimum absolute atomic E-state index is 0.790. The zero-order valence-corrected chi connectivity index (χ0v) is 12.4. The molecular weight excluding hydrogens is 256 g/mol. The van der Waals surface area contributed by atoms with Crippen molar-refractivity contribution in [2.45, 2.75) is 6.92 Å². The monoisotopic (exact) mass is 270 g/mol. The molecule has 94 valence electrons. The average Bonchev–Trinajstić information content (AvgIpc) is 2.51. The summed E-state index contributed by atoms with van der Waals surface area (Å²) in [5, 5.41) is 2.01. The standard InChI is InChI=1S/C19H14Si/c1-5-17-13-9-11-15-19(17)20(6-2,7-3)18-14-10-8-12-16(18)4/h1-3,8-15H,4H3. The van der Waals surface area contributed by atoms with Crippen LogP contribution in [0, 0.1) is 43.2 Å². The van der Waals surface area contributed by atoms with Crippen LogP contribution in [-0.4, -0.2) is 8.07 Å². The van der Waals surface area contributed by atoms with E-state index in [1.54, 1.807) is 0 Å². The molecule has 2 rings (SSSR count). The van der Waals surface area contributed by atoms with Gasteiger partial charge in [-0.05, 0) is 28.9 Å². The molecule has 0 N–H and O–H groups in total. The molecule has 0 unspecified atom stereocenters. The molecule has 0 aliphatic rings. The molecular formula is C19H14Si. The predicted octanol–water partition coefficient (Wildman–Crippen LogP) is 1.88. The molecule has 0 bridgehead atoms. The van der Waals surface area contributed by atoms with E-state index in [1.165, 1.54) is 0 Å². The second-order valence-corrected chi connectivity index (χ2v) is 7.70. The summed E-state index contributed by atoms with van der Waals surface area (Å²) < 4.78 is 0. The lowest BCUT2D eigenvalue weighted by atomic mass is 10.2. The summed E-state index contributed by atoms with van der Waals surface area (Å²) in [5.74, 6) is 2.70. The summed E-state index contributed by atoms with van der Waals surface area (Å²) in [7, 11) is -2.69. The molecule has 2 aromatic rings. The highest BCUT2D eigenvalue weighted by Crippen LogP contribution is 2.09. The Labute approximate surface area is 121 Å². The van der Waals surface area contributed by atoms with Crippen LogP contribution in [0.4, 0.5) is 0 Å². The smallest absolute Gasteiger partial charge is 0.125 e. The Morgan fingerprint density at radius 3 is 1.90 bits per heavy atom. The SMILES string of the molecule is C#Cc1ccccc1[Si](C#C)(C#C)c1ccccc1C. The Morgan fingerprint density at radius 2 is 1.35 bits per heavy atom. The van der Waals surface area contributed by atoms with Gasteiger partial charge in [-0.1, -0.05) is 48.4 Å². The van der Waals surface area contributed by atoms with E-state index < -0.39 is 8.07 Å². The van der Waals surface area contributed by atoms with Gasteiger partial charge in [0.15, 0.2) is 0 Å². The molecule has 0 radical (unpaired) electrons. The summed E-state index contributed by atoms with van der Waals surface area (Å²) in [6.45, 7) is 2.03. The molecule has 0 amide bonds. The van der Waals surface area contributed by atoms with E-state index in [2.05, 4.69) is 17.0 Å². The Morgan fingerprint density at radius 1 is 0.800 bits per heavy atom. The first-order chi connectivity index (χ1) is 9.69. The first-order valence-electron chi connectivity index (χ1n) is 6.27. The molecule has 2 aromatic carbocycles. The molecule has 0 spiro atoms. The Balaban J connectivity index is 2.83. The minimum Gasteiger partial charge on any atom is -0.125 e. The number of rotatable bonds is 2. The van der Waals surface area contributed by atoms with Crippen molar-refractivity contribution in [2.75, 3.05) is 0 Å². The van der Waals surface area contributed by atoms with E-state index in [1.807, 2.05) is 55.5 Å². The van der Waals surface area contributed by atoms with Crippen LogP contribution in [0.15, 0.2) is 48.5 Å². The molecule has 0 aliphatic carbocycles. The molecule has 0 aliphatic heterocycles. The number of benzene rings is 2. The van der Waals surface area contributed by atoms with Crippen molar-refractivity contribution in [3.63, 3.8) is 0 Å². The quantitative estimate of drug-likeness (QED) is 0.577. The number of terminal acetylenes is 3. The molecule has 0 fully saturated rings. The highest BCUT2D eigenvalue weighted by Gasteiger charge is 2.37. The zero-order chi connectivity index (χ0) is 14.6. The third-order valence-electron chi connectivity index (χ3n) is 3.47. The Hall–Kier alpha value is -2.66. The lowest BCUT2D eigenvalue weighted by Crippen LogP contribution is -2.58. The predicted molar refractivity (Wildman–Crippen MR) is 88.2 cm³/mol. The first-order valence-corrected chi connectivity index (χ1v) is 8.27. The van der Waals surface area contributed by atoms with Gasteiger partial charge in [0.2, 0.25) is 0 Å². The van der Waals surface area contributed by atoms with E-state index in [4.69, 9.17) is 19.3 Å². The van der Waals surface area contributed by atoms with Gasteiger partial charge in [-0.25, -0.2) is 0 Å².